The number of likely N-dealkylation sites (tertiary alicyclic amines) is 2. The van der Waals surface area contributed by atoms with E-state index < -0.39 is 92.1 Å². The number of anilines is 3. The Labute approximate surface area is 454 Å². The number of methoxy groups -OCH3 is 5. The van der Waals surface area contributed by atoms with Crippen LogP contribution in [0.15, 0.2) is 48.5 Å². The Morgan fingerprint density at radius 3 is 2.08 bits per heavy atom. The lowest BCUT2D eigenvalue weighted by atomic mass is 10.0. The number of rotatable bonds is 18. The number of nitrogens with zero attached hydrogens (tertiary/aromatic N) is 5. The number of benzene rings is 3. The molecule has 4 aromatic rings. The molecule has 9 atom stereocenters. The third-order valence-corrected chi connectivity index (χ3v) is 19.5. The molecule has 0 spiro atoms. The first-order valence-electron chi connectivity index (χ1n) is 26.7. The fraction of sp³-hybridized carbons (Fsp3) is 0.564. The number of aromatic nitrogens is 2. The third kappa shape index (κ3) is 12.5. The summed E-state index contributed by atoms with van der Waals surface area (Å²) in [6.45, 7) is 10.0. The fourth-order valence-corrected chi connectivity index (χ4v) is 13.6. The van der Waals surface area contributed by atoms with E-state index in [2.05, 4.69) is 34.0 Å². The molecule has 4 aliphatic rings. The quantitative estimate of drug-likeness (QED) is 0.0698. The zero-order chi connectivity index (χ0) is 56.2. The standard InChI is InChI=1S/C55H74F3N9O10Si/c1-31(74-4)41(62-54(71)76-6)28-48(68)66-29-33(30-73-3)23-47(66)52(69)59-35-14-12-34(13-15-35)44-16-17-45(67(44)36-24-39(57)50(40(58)25-36)64-19-21-78(8,9)22-20-64)37-26-42-43(27-38(37)56)61-51(60-42)46-11-10-18-65(46)53(70)49(32(2)75-5)63-55(72)77-7/h12-15,24-27,31-33,41,44-47,49H,10-11,16-23,28-30H2,1-9H3,(H,59,69)(H,60,61)(H,62,71)(H,63,72)/t31-,32-,33+,41-,44-,45-,46+,47+,49-/m1/s1. The minimum atomic E-state index is -1.47. The third-order valence-electron chi connectivity index (χ3n) is 16.3. The number of halogens is 3. The maximum absolute atomic E-state index is 16.9. The van der Waals surface area contributed by atoms with Crippen molar-refractivity contribution >= 4 is 66.1 Å². The molecule has 0 unspecified atom stereocenters. The highest BCUT2D eigenvalue weighted by Gasteiger charge is 2.43. The van der Waals surface area contributed by atoms with Gasteiger partial charge in [-0.3, -0.25) is 14.4 Å². The number of imidazole rings is 1. The SMILES string of the molecule is COC[C@H]1C[C@@H](C(=O)Nc2ccc([C@H]3CC[C@H](c4cc5nc([C@@H]6CCCN6C(=O)[C@H](NC(=O)OC)[C@@H](C)OC)[nH]c5cc4F)N3c3cc(F)c(N4CC[Si](C)(C)CC4)c(F)c3)cc2)N(C(=O)C[C@@H](NC(=O)OC)[C@@H](C)OC)C1. The molecule has 4 aliphatic heterocycles. The second-order valence-corrected chi connectivity index (χ2v) is 27.1. The van der Waals surface area contributed by atoms with E-state index in [0.717, 1.165) is 17.7 Å². The van der Waals surface area contributed by atoms with Gasteiger partial charge in [0.2, 0.25) is 17.7 Å². The summed E-state index contributed by atoms with van der Waals surface area (Å²) in [6.07, 6.45) is -0.480. The molecule has 5 heterocycles. The second kappa shape index (κ2) is 24.7. The number of hydrogen-bond donors (Lipinski definition) is 4. The molecule has 0 saturated carbocycles. The number of amides is 5. The first-order valence-corrected chi connectivity index (χ1v) is 30.2. The number of carbonyl (C=O) groups is 5. The van der Waals surface area contributed by atoms with Crippen molar-refractivity contribution in [3.05, 3.63) is 82.9 Å². The van der Waals surface area contributed by atoms with E-state index in [-0.39, 0.29) is 47.6 Å². The number of H-pyrrole nitrogens is 1. The monoisotopic (exact) mass is 1110 g/mol. The van der Waals surface area contributed by atoms with Gasteiger partial charge in [0.1, 0.15) is 29.4 Å². The van der Waals surface area contributed by atoms with Gasteiger partial charge in [-0.1, -0.05) is 25.2 Å². The van der Waals surface area contributed by atoms with E-state index in [4.69, 9.17) is 28.7 Å². The molecule has 4 saturated heterocycles. The van der Waals surface area contributed by atoms with Crippen LogP contribution in [0.1, 0.15) is 87.4 Å². The Morgan fingerprint density at radius 1 is 0.782 bits per heavy atom. The Kier molecular flexibility index (Phi) is 18.3. The van der Waals surface area contributed by atoms with Gasteiger partial charge in [0.25, 0.3) is 0 Å². The zero-order valence-electron chi connectivity index (χ0n) is 46.0. The van der Waals surface area contributed by atoms with Crippen LogP contribution >= 0.6 is 0 Å². The van der Waals surface area contributed by atoms with Crippen LogP contribution in [0.2, 0.25) is 25.2 Å². The molecule has 3 aromatic carbocycles. The molecule has 8 rings (SSSR count). The smallest absolute Gasteiger partial charge is 0.407 e. The first kappa shape index (κ1) is 57.7. The average molecular weight is 1110 g/mol. The summed E-state index contributed by atoms with van der Waals surface area (Å²) in [5.74, 6) is -2.84. The van der Waals surface area contributed by atoms with E-state index in [9.17, 15) is 24.0 Å². The van der Waals surface area contributed by atoms with Crippen LogP contribution in [0.4, 0.5) is 39.8 Å². The summed E-state index contributed by atoms with van der Waals surface area (Å²) < 4.78 is 75.9. The molecular formula is C55H74F3N9O10Si. The Hall–Kier alpha value is -6.43. The van der Waals surface area contributed by atoms with Gasteiger partial charge in [-0.15, -0.1) is 0 Å². The predicted molar refractivity (Wildman–Crippen MR) is 289 cm³/mol. The lowest BCUT2D eigenvalue weighted by Gasteiger charge is -2.38. The molecule has 0 bridgehead atoms. The molecule has 78 heavy (non-hydrogen) atoms. The number of fused-ring (bicyclic) bond motifs is 1. The van der Waals surface area contributed by atoms with Gasteiger partial charge >= 0.3 is 12.2 Å². The van der Waals surface area contributed by atoms with Gasteiger partial charge in [-0.05, 0) is 100 Å². The topological polar surface area (TPSA) is 209 Å². The van der Waals surface area contributed by atoms with E-state index >= 15 is 13.2 Å². The number of nitrogens with one attached hydrogen (secondary N) is 4. The van der Waals surface area contributed by atoms with Gasteiger partial charge in [0.15, 0.2) is 11.6 Å². The van der Waals surface area contributed by atoms with Crippen molar-refractivity contribution in [3.63, 3.8) is 0 Å². The number of aromatic amines is 1. The Bertz CT molecular complexity index is 2790. The highest BCUT2D eigenvalue weighted by Crippen LogP contribution is 2.49. The zero-order valence-corrected chi connectivity index (χ0v) is 47.0. The van der Waals surface area contributed by atoms with Crippen LogP contribution in [-0.2, 0) is 38.1 Å². The lowest BCUT2D eigenvalue weighted by molar-refractivity contribution is -0.138. The highest BCUT2D eigenvalue weighted by atomic mass is 28.3. The van der Waals surface area contributed by atoms with Crippen LogP contribution < -0.4 is 25.8 Å². The normalized spacial score (nSPS) is 22.7. The minimum absolute atomic E-state index is 0.0749. The molecule has 4 N–H and O–H groups in total. The molecule has 0 radical (unpaired) electrons. The van der Waals surface area contributed by atoms with Crippen LogP contribution in [0.25, 0.3) is 11.0 Å². The molecule has 4 fully saturated rings. The van der Waals surface area contributed by atoms with Crippen LogP contribution in [0.5, 0.6) is 0 Å². The Balaban J connectivity index is 1.08. The molecule has 424 valence electrons. The number of ether oxygens (including phenoxy) is 5. The van der Waals surface area contributed by atoms with E-state index in [1.807, 2.05) is 17.0 Å². The van der Waals surface area contributed by atoms with E-state index in [0.29, 0.717) is 80.9 Å². The molecule has 1 aromatic heterocycles. The maximum atomic E-state index is 16.9. The van der Waals surface area contributed by atoms with Crippen molar-refractivity contribution in [3.8, 4) is 0 Å². The van der Waals surface area contributed by atoms with Crippen molar-refractivity contribution < 1.29 is 60.8 Å². The highest BCUT2D eigenvalue weighted by molar-refractivity contribution is 6.77. The fourth-order valence-electron chi connectivity index (χ4n) is 11.6. The summed E-state index contributed by atoms with van der Waals surface area (Å²) in [4.78, 5) is 81.4. The van der Waals surface area contributed by atoms with Crippen LogP contribution in [0, 0.1) is 23.4 Å². The van der Waals surface area contributed by atoms with Crippen LogP contribution in [-0.4, -0.2) is 156 Å². The molecule has 0 aliphatic carbocycles. The van der Waals surface area contributed by atoms with Crippen molar-refractivity contribution in [2.45, 2.75) is 126 Å². The van der Waals surface area contributed by atoms with Crippen LogP contribution in [0.3, 0.4) is 0 Å². The molecular weight excluding hydrogens is 1030 g/mol. The predicted octanol–water partition coefficient (Wildman–Crippen LogP) is 7.97. The number of carbonyl (C=O) groups excluding carboxylic acids is 5. The number of hydrogen-bond acceptors (Lipinski definition) is 13. The number of alkyl carbamates (subject to hydrolysis) is 2. The average Bonchev–Trinajstić information content (AvgIpc) is 4.28. The van der Waals surface area contributed by atoms with Crippen molar-refractivity contribution in [2.24, 2.45) is 5.92 Å². The minimum Gasteiger partial charge on any atom is -0.453 e. The summed E-state index contributed by atoms with van der Waals surface area (Å²) in [5.41, 5.74) is 2.44. The summed E-state index contributed by atoms with van der Waals surface area (Å²) >= 11 is 0. The van der Waals surface area contributed by atoms with Gasteiger partial charge in [0, 0.05) is 76.8 Å². The maximum Gasteiger partial charge on any atom is 0.407 e. The van der Waals surface area contributed by atoms with Crippen molar-refractivity contribution in [1.29, 1.82) is 0 Å². The van der Waals surface area contributed by atoms with Gasteiger partial charge in [0.05, 0.1) is 76.3 Å². The van der Waals surface area contributed by atoms with Gasteiger partial charge in [-0.25, -0.2) is 27.7 Å². The summed E-state index contributed by atoms with van der Waals surface area (Å²) in [7, 11) is 5.42. The Morgan fingerprint density at radius 2 is 1.44 bits per heavy atom. The van der Waals surface area contributed by atoms with Crippen molar-refractivity contribution in [1.82, 2.24) is 30.4 Å². The largest absolute Gasteiger partial charge is 0.453 e. The van der Waals surface area contributed by atoms with Gasteiger partial charge < -0.3 is 64.2 Å². The van der Waals surface area contributed by atoms with E-state index in [1.54, 1.807) is 49.0 Å². The first-order chi connectivity index (χ1) is 37.3. The molecule has 23 heteroatoms. The van der Waals surface area contributed by atoms with Gasteiger partial charge in [-0.2, -0.15) is 0 Å². The molecule has 5 amide bonds. The summed E-state index contributed by atoms with van der Waals surface area (Å²) in [5, 5.41) is 8.23. The van der Waals surface area contributed by atoms with Crippen molar-refractivity contribution in [2.75, 3.05) is 83.5 Å². The lowest BCUT2D eigenvalue weighted by Crippen LogP contribution is -2.54. The summed E-state index contributed by atoms with van der Waals surface area (Å²) in [6, 6.07) is 10.2. The molecule has 19 nitrogen and oxygen atoms in total. The second-order valence-electron chi connectivity index (χ2n) is 21.8. The van der Waals surface area contributed by atoms with E-state index in [1.165, 1.54) is 51.5 Å².